The zero-order valence-electron chi connectivity index (χ0n) is 22.9. The average molecular weight is 577 g/mol. The van der Waals surface area contributed by atoms with Crippen molar-refractivity contribution in [2.45, 2.75) is 33.6 Å². The van der Waals surface area contributed by atoms with E-state index in [1.165, 1.54) is 20.9 Å². The van der Waals surface area contributed by atoms with E-state index in [1.54, 1.807) is 24.3 Å². The number of rotatable bonds is 9. The molecule has 0 fully saturated rings. The summed E-state index contributed by atoms with van der Waals surface area (Å²) in [7, 11) is 1.18. The Kier molecular flexibility index (Phi) is 13.7. The van der Waals surface area contributed by atoms with Crippen LogP contribution in [0.1, 0.15) is 36.1 Å². The van der Waals surface area contributed by atoms with Crippen molar-refractivity contribution in [1.82, 2.24) is 5.06 Å². The molecule has 0 heterocycles. The minimum absolute atomic E-state index is 0. The first kappa shape index (κ1) is 34.5. The van der Waals surface area contributed by atoms with Gasteiger partial charge in [0, 0.05) is 12.4 Å². The number of amides is 1. The molecule has 0 aliphatic heterocycles. The van der Waals surface area contributed by atoms with Crippen LogP contribution >= 0.6 is 0 Å². The molecule has 0 unspecified atom stereocenters. The molecule has 206 valence electrons. The van der Waals surface area contributed by atoms with Crippen LogP contribution in [0.25, 0.3) is 16.9 Å². The van der Waals surface area contributed by atoms with Crippen LogP contribution in [0, 0.1) is 17.5 Å². The first-order valence-electron chi connectivity index (χ1n) is 12.2. The first-order chi connectivity index (χ1) is 18.4. The van der Waals surface area contributed by atoms with Gasteiger partial charge in [0.05, 0.1) is 6.42 Å². The number of nitrogens with zero attached hydrogens (tertiary/aromatic N) is 1. The maximum absolute atomic E-state index is 12.6. The second-order valence-electron chi connectivity index (χ2n) is 9.72. The second kappa shape index (κ2) is 15.9. The Morgan fingerprint density at radius 2 is 1.30 bits per heavy atom. The molecule has 9 heteroatoms. The Bertz CT molecular complexity index is 1330. The number of aryl methyl sites for hydroxylation is 1. The number of carbonyl (C=O) groups excluding carboxylic acids is 3. The molecule has 0 saturated carbocycles. The van der Waals surface area contributed by atoms with Gasteiger partial charge in [0.1, 0.15) is 0 Å². The molecule has 3 rings (SSSR count). The summed E-state index contributed by atoms with van der Waals surface area (Å²) < 4.78 is 0. The van der Waals surface area contributed by atoms with Crippen LogP contribution in [-0.2, 0) is 48.9 Å². The van der Waals surface area contributed by atoms with Crippen molar-refractivity contribution in [3.05, 3.63) is 106 Å². The monoisotopic (exact) mass is 577 g/mol. The molecule has 0 aliphatic carbocycles. The van der Waals surface area contributed by atoms with Gasteiger partial charge in [-0.2, -0.15) is 0 Å². The molecule has 0 N–H and O–H groups in total. The molecule has 0 bridgehead atoms. The van der Waals surface area contributed by atoms with E-state index in [9.17, 15) is 34.9 Å². The number of hydroxylamine groups is 2. The molecule has 0 saturated heterocycles. The molecule has 0 aliphatic rings. The van der Waals surface area contributed by atoms with Crippen LogP contribution in [0.4, 0.5) is 0 Å². The van der Waals surface area contributed by atoms with Gasteiger partial charge in [-0.15, -0.1) is 6.61 Å². The molecule has 0 spiro atoms. The summed E-state index contributed by atoms with van der Waals surface area (Å²) >= 11 is 0. The maximum atomic E-state index is 12.6. The first-order valence-corrected chi connectivity index (χ1v) is 12.2. The van der Waals surface area contributed by atoms with Crippen LogP contribution < -0.4 is 15.3 Å². The number of carboxylic acid groups (broad SMARTS) is 1. The van der Waals surface area contributed by atoms with Gasteiger partial charge >= 0.3 is 21.7 Å². The van der Waals surface area contributed by atoms with E-state index in [-0.39, 0.29) is 46.1 Å². The van der Waals surface area contributed by atoms with Crippen LogP contribution in [0.2, 0.25) is 0 Å². The standard InChI is InChI=1S/C26H24NO4.C5H9O3.Ti/c1-18-11-13-19(14-12-18)25(29)17-22(28)15-20-7-3-5-9-23(20)24-10-6-4-8-21(24)16-26(30)27(2)31;1-5(2,3-6)4(7)8;/h3-14,17,29H,15-16H2,1-2H3;3H2,1-2H3,(H,7,8);/q2*-1;+4/p-2/b25-17-;;. The Morgan fingerprint density at radius 3 is 1.73 bits per heavy atom. The van der Waals surface area contributed by atoms with Crippen molar-refractivity contribution in [1.29, 1.82) is 0 Å². The fourth-order valence-electron chi connectivity index (χ4n) is 3.39. The number of aliphatic carboxylic acids is 1. The number of benzene rings is 3. The van der Waals surface area contributed by atoms with Crippen LogP contribution in [0.15, 0.2) is 78.9 Å². The number of hydrogen-bond acceptors (Lipinski definition) is 7. The van der Waals surface area contributed by atoms with Crippen molar-refractivity contribution in [2.24, 2.45) is 5.41 Å². The van der Waals surface area contributed by atoms with Gasteiger partial charge in [-0.25, -0.2) is 0 Å². The van der Waals surface area contributed by atoms with E-state index in [1.807, 2.05) is 55.5 Å². The number of carbonyl (C=O) groups is 3. The molecule has 0 atom stereocenters. The van der Waals surface area contributed by atoms with Crippen molar-refractivity contribution in [3.63, 3.8) is 0 Å². The van der Waals surface area contributed by atoms with Gasteiger partial charge in [-0.05, 0) is 53.3 Å². The Morgan fingerprint density at radius 1 is 0.825 bits per heavy atom. The zero-order valence-corrected chi connectivity index (χ0v) is 24.5. The van der Waals surface area contributed by atoms with Crippen molar-refractivity contribution >= 4 is 23.4 Å². The van der Waals surface area contributed by atoms with Gasteiger partial charge in [0.15, 0.2) is 5.78 Å². The minimum atomic E-state index is -1.28. The van der Waals surface area contributed by atoms with E-state index in [0.717, 1.165) is 28.3 Å². The third-order valence-corrected chi connectivity index (χ3v) is 5.92. The van der Waals surface area contributed by atoms with E-state index in [2.05, 4.69) is 0 Å². The Labute approximate surface area is 249 Å². The second-order valence-corrected chi connectivity index (χ2v) is 9.72. The fraction of sp³-hybridized carbons (Fsp3) is 0.258. The number of allylic oxidation sites excluding steroid dienone is 1. The van der Waals surface area contributed by atoms with E-state index >= 15 is 0 Å². The number of hydrogen-bond donors (Lipinski definition) is 0. The summed E-state index contributed by atoms with van der Waals surface area (Å²) in [5.41, 5.74) is 3.33. The molecule has 8 nitrogen and oxygen atoms in total. The van der Waals surface area contributed by atoms with E-state index < -0.39 is 23.9 Å². The molecule has 3 aromatic rings. The Hall–Kier alpha value is -3.56. The average Bonchev–Trinajstić information content (AvgIpc) is 2.90. The SMILES string of the molecule is CC(C)(C[O-])C(=O)[O-].Cc1ccc(/C([O-])=C/C(=O)Cc2ccccc2-c2ccccc2CC(=O)N(C)[O-])cc1.[Ti+4]. The molecular weight excluding hydrogens is 546 g/mol. The normalized spacial score (nSPS) is 11.0. The smallest absolute Gasteiger partial charge is 0.872 e. The topological polar surface area (TPSA) is 147 Å². The predicted molar refractivity (Wildman–Crippen MR) is 143 cm³/mol. The van der Waals surface area contributed by atoms with Gasteiger partial charge in [0.2, 0.25) is 5.91 Å². The third kappa shape index (κ3) is 10.2. The van der Waals surface area contributed by atoms with Crippen molar-refractivity contribution < 1.29 is 51.4 Å². The van der Waals surface area contributed by atoms with Gasteiger partial charge in [-0.1, -0.05) is 98.0 Å². The quantitative estimate of drug-likeness (QED) is 0.163. The summed E-state index contributed by atoms with van der Waals surface area (Å²) in [6.07, 6.45) is 1.15. The van der Waals surface area contributed by atoms with Crippen LogP contribution in [-0.4, -0.2) is 36.4 Å². The Balaban J connectivity index is 0.000000777. The molecule has 0 radical (unpaired) electrons. The minimum Gasteiger partial charge on any atom is -0.872 e. The van der Waals surface area contributed by atoms with Crippen molar-refractivity contribution in [2.75, 3.05) is 13.7 Å². The predicted octanol–water partition coefficient (Wildman–Crippen LogP) is 1.79. The molecule has 1 amide bonds. The molecule has 0 aromatic heterocycles. The van der Waals surface area contributed by atoms with Gasteiger partial charge in [0.25, 0.3) is 0 Å². The maximum Gasteiger partial charge on any atom is 4.00 e. The van der Waals surface area contributed by atoms with Crippen LogP contribution in [0.5, 0.6) is 0 Å². The summed E-state index contributed by atoms with van der Waals surface area (Å²) in [5, 5.41) is 44.0. The van der Waals surface area contributed by atoms with E-state index in [4.69, 9.17) is 0 Å². The zero-order chi connectivity index (χ0) is 29.2. The van der Waals surface area contributed by atoms with Crippen LogP contribution in [0.3, 0.4) is 0 Å². The van der Waals surface area contributed by atoms with Gasteiger partial charge in [-0.3, -0.25) is 9.59 Å². The largest absolute Gasteiger partial charge is 4.00 e. The van der Waals surface area contributed by atoms with E-state index in [0.29, 0.717) is 16.2 Å². The summed E-state index contributed by atoms with van der Waals surface area (Å²) in [5.74, 6) is -2.46. The third-order valence-electron chi connectivity index (χ3n) is 5.92. The van der Waals surface area contributed by atoms with Gasteiger partial charge < -0.3 is 30.4 Å². The molecule has 40 heavy (non-hydrogen) atoms. The fourth-order valence-corrected chi connectivity index (χ4v) is 3.39. The number of ketones is 1. The summed E-state index contributed by atoms with van der Waals surface area (Å²) in [6, 6.07) is 21.7. The summed E-state index contributed by atoms with van der Waals surface area (Å²) in [6.45, 7) is 3.99. The number of carboxylic acids is 1. The van der Waals surface area contributed by atoms with Crippen molar-refractivity contribution in [3.8, 4) is 11.1 Å². The summed E-state index contributed by atoms with van der Waals surface area (Å²) in [4.78, 5) is 34.5. The molecular formula is C31H31NO7Ti. The number of likely N-dealkylation sites (N-methyl/N-ethyl adjacent to an activating group) is 1. The molecule has 3 aromatic carbocycles.